The lowest BCUT2D eigenvalue weighted by molar-refractivity contribution is 0.0659. The first-order valence-corrected chi connectivity index (χ1v) is 8.62. The highest BCUT2D eigenvalue weighted by Gasteiger charge is 2.15. The molecule has 5 nitrogen and oxygen atoms in total. The van der Waals surface area contributed by atoms with Crippen molar-refractivity contribution in [2.24, 2.45) is 0 Å². The third kappa shape index (κ3) is 4.81. The third-order valence-corrected chi connectivity index (χ3v) is 4.55. The minimum Gasteiger partial charge on any atom is -0.380 e. The highest BCUT2D eigenvalue weighted by molar-refractivity contribution is 9.10. The molecule has 21 heavy (non-hydrogen) atoms. The smallest absolute Gasteiger partial charge is 0.283 e. The largest absolute Gasteiger partial charge is 0.380 e. The van der Waals surface area contributed by atoms with Crippen LogP contribution in [0.15, 0.2) is 15.5 Å². The number of ether oxygens (including phenoxy) is 1. The second-order valence-corrected chi connectivity index (χ2v) is 6.25. The van der Waals surface area contributed by atoms with Crippen LogP contribution in [0.2, 0.25) is 0 Å². The van der Waals surface area contributed by atoms with Gasteiger partial charge in [-0.2, -0.15) is 5.10 Å². The molecule has 1 aromatic heterocycles. The van der Waals surface area contributed by atoms with Crippen molar-refractivity contribution in [2.45, 2.75) is 58.1 Å². The molecule has 1 heterocycles. The van der Waals surface area contributed by atoms with Crippen molar-refractivity contribution in [3.05, 3.63) is 21.0 Å². The second kappa shape index (κ2) is 8.54. The summed E-state index contributed by atoms with van der Waals surface area (Å²) in [6, 6.07) is 0. The molecule has 0 aromatic carbocycles. The lowest BCUT2D eigenvalue weighted by atomic mass is 10.3. The summed E-state index contributed by atoms with van der Waals surface area (Å²) in [5.41, 5.74) is 0.660. The van der Waals surface area contributed by atoms with Gasteiger partial charge in [0.1, 0.15) is 4.47 Å². The zero-order valence-electron chi connectivity index (χ0n) is 12.6. The maximum atomic E-state index is 12.1. The molecule has 0 aliphatic heterocycles. The molecule has 118 valence electrons. The zero-order valence-corrected chi connectivity index (χ0v) is 14.2. The molecule has 6 heteroatoms. The van der Waals surface area contributed by atoms with Crippen molar-refractivity contribution in [3.8, 4) is 0 Å². The normalized spacial score (nSPS) is 15.5. The summed E-state index contributed by atoms with van der Waals surface area (Å²) >= 11 is 3.36. The Balaban J connectivity index is 1.82. The van der Waals surface area contributed by atoms with Gasteiger partial charge in [-0.15, -0.1) is 0 Å². The Morgan fingerprint density at radius 1 is 1.48 bits per heavy atom. The van der Waals surface area contributed by atoms with Crippen LogP contribution in [0, 0.1) is 0 Å². The number of hydrogen-bond acceptors (Lipinski definition) is 4. The third-order valence-electron chi connectivity index (χ3n) is 3.78. The molecule has 1 N–H and O–H groups in total. The van der Waals surface area contributed by atoms with Gasteiger partial charge in [-0.3, -0.25) is 4.79 Å². The summed E-state index contributed by atoms with van der Waals surface area (Å²) < 4.78 is 7.85. The fourth-order valence-corrected chi connectivity index (χ4v) is 2.97. The van der Waals surface area contributed by atoms with Gasteiger partial charge in [-0.05, 0) is 35.2 Å². The number of rotatable bonds is 8. The molecule has 2 rings (SSSR count). The van der Waals surface area contributed by atoms with E-state index in [0.717, 1.165) is 18.5 Å². The predicted molar refractivity (Wildman–Crippen MR) is 87.8 cm³/mol. The van der Waals surface area contributed by atoms with Crippen LogP contribution >= 0.6 is 15.9 Å². The van der Waals surface area contributed by atoms with E-state index in [2.05, 4.69) is 33.3 Å². The number of nitrogens with zero attached hydrogens (tertiary/aromatic N) is 2. The van der Waals surface area contributed by atoms with Crippen LogP contribution in [-0.4, -0.2) is 29.0 Å². The van der Waals surface area contributed by atoms with E-state index in [1.165, 1.54) is 30.4 Å². The fourth-order valence-electron chi connectivity index (χ4n) is 2.52. The van der Waals surface area contributed by atoms with Crippen LogP contribution in [0.5, 0.6) is 0 Å². The van der Waals surface area contributed by atoms with E-state index in [4.69, 9.17) is 4.74 Å². The SMILES string of the molecule is CCCCn1ncc(NCCOC2CCCC2)c(Br)c1=O. The molecule has 0 radical (unpaired) electrons. The Hall–Kier alpha value is -0.880. The number of aryl methyl sites for hydroxylation is 1. The lowest BCUT2D eigenvalue weighted by Crippen LogP contribution is -2.25. The highest BCUT2D eigenvalue weighted by Crippen LogP contribution is 2.21. The first-order valence-electron chi connectivity index (χ1n) is 7.83. The molecule has 0 spiro atoms. The van der Waals surface area contributed by atoms with E-state index < -0.39 is 0 Å². The molecule has 0 amide bonds. The van der Waals surface area contributed by atoms with Crippen LogP contribution in [0.1, 0.15) is 45.4 Å². The van der Waals surface area contributed by atoms with Crippen LogP contribution in [0.3, 0.4) is 0 Å². The summed E-state index contributed by atoms with van der Waals surface area (Å²) in [7, 11) is 0. The Morgan fingerprint density at radius 3 is 2.95 bits per heavy atom. The van der Waals surface area contributed by atoms with Gasteiger partial charge in [0.05, 0.1) is 24.6 Å². The number of hydrogen-bond donors (Lipinski definition) is 1. The fraction of sp³-hybridized carbons (Fsp3) is 0.733. The monoisotopic (exact) mass is 357 g/mol. The van der Waals surface area contributed by atoms with Gasteiger partial charge in [0.25, 0.3) is 5.56 Å². The van der Waals surface area contributed by atoms with Gasteiger partial charge in [0.15, 0.2) is 0 Å². The summed E-state index contributed by atoms with van der Waals surface area (Å²) in [6.45, 7) is 4.12. The average molecular weight is 358 g/mol. The van der Waals surface area contributed by atoms with Crippen molar-refractivity contribution in [2.75, 3.05) is 18.5 Å². The van der Waals surface area contributed by atoms with Crippen molar-refractivity contribution < 1.29 is 4.74 Å². The molecule has 0 saturated heterocycles. The summed E-state index contributed by atoms with van der Waals surface area (Å²) in [5.74, 6) is 0. The number of halogens is 1. The second-order valence-electron chi connectivity index (χ2n) is 5.46. The lowest BCUT2D eigenvalue weighted by Gasteiger charge is -2.13. The molecular weight excluding hydrogens is 334 g/mol. The zero-order chi connectivity index (χ0) is 15.1. The van der Waals surface area contributed by atoms with Crippen LogP contribution < -0.4 is 10.9 Å². The van der Waals surface area contributed by atoms with Crippen molar-refractivity contribution in [1.82, 2.24) is 9.78 Å². The van der Waals surface area contributed by atoms with Crippen molar-refractivity contribution >= 4 is 21.6 Å². The molecule has 0 unspecified atom stereocenters. The van der Waals surface area contributed by atoms with Crippen molar-refractivity contribution in [1.29, 1.82) is 0 Å². The topological polar surface area (TPSA) is 56.1 Å². The molecule has 1 fully saturated rings. The summed E-state index contributed by atoms with van der Waals surface area (Å²) in [5, 5.41) is 7.42. The van der Waals surface area contributed by atoms with Gasteiger partial charge < -0.3 is 10.1 Å². The number of anilines is 1. The van der Waals surface area contributed by atoms with E-state index in [1.807, 2.05) is 0 Å². The summed E-state index contributed by atoms with van der Waals surface area (Å²) in [6.07, 6.45) is 9.06. The molecular formula is C15H24BrN3O2. The van der Waals surface area contributed by atoms with E-state index >= 15 is 0 Å². The van der Waals surface area contributed by atoms with Gasteiger partial charge in [0.2, 0.25) is 0 Å². The molecule has 1 aliphatic carbocycles. The Kier molecular flexibility index (Phi) is 6.70. The van der Waals surface area contributed by atoms with Crippen LogP contribution in [0.25, 0.3) is 0 Å². The predicted octanol–water partition coefficient (Wildman–Crippen LogP) is 3.18. The first-order chi connectivity index (χ1) is 10.2. The van der Waals surface area contributed by atoms with E-state index in [9.17, 15) is 4.79 Å². The van der Waals surface area contributed by atoms with Gasteiger partial charge in [-0.1, -0.05) is 26.2 Å². The molecule has 1 aromatic rings. The Morgan fingerprint density at radius 2 is 2.24 bits per heavy atom. The Bertz CT molecular complexity index is 498. The molecule has 1 aliphatic rings. The van der Waals surface area contributed by atoms with Crippen molar-refractivity contribution in [3.63, 3.8) is 0 Å². The van der Waals surface area contributed by atoms with Crippen LogP contribution in [-0.2, 0) is 11.3 Å². The number of nitrogens with one attached hydrogen (secondary N) is 1. The number of unbranched alkanes of at least 4 members (excludes halogenated alkanes) is 1. The molecule has 1 saturated carbocycles. The maximum Gasteiger partial charge on any atom is 0.283 e. The number of aromatic nitrogens is 2. The van der Waals surface area contributed by atoms with E-state index in [0.29, 0.717) is 30.3 Å². The maximum absolute atomic E-state index is 12.1. The van der Waals surface area contributed by atoms with Gasteiger partial charge in [-0.25, -0.2) is 4.68 Å². The molecule has 0 bridgehead atoms. The van der Waals surface area contributed by atoms with E-state index in [1.54, 1.807) is 6.20 Å². The highest BCUT2D eigenvalue weighted by atomic mass is 79.9. The standard InChI is InChI=1S/C15H24BrN3O2/c1-2-3-9-19-15(20)14(16)13(11-18-19)17-8-10-21-12-6-4-5-7-12/h11-12,17H,2-10H2,1H3. The van der Waals surface area contributed by atoms with E-state index in [-0.39, 0.29) is 5.56 Å². The quantitative estimate of drug-likeness (QED) is 0.726. The van der Waals surface area contributed by atoms with Gasteiger partial charge in [0, 0.05) is 13.1 Å². The summed E-state index contributed by atoms with van der Waals surface area (Å²) in [4.78, 5) is 12.1. The average Bonchev–Trinajstić information content (AvgIpc) is 3.00. The minimum atomic E-state index is -0.0786. The minimum absolute atomic E-state index is 0.0786. The molecule has 0 atom stereocenters. The van der Waals surface area contributed by atoms with Crippen LogP contribution in [0.4, 0.5) is 5.69 Å². The first kappa shape index (κ1) is 16.5. The van der Waals surface area contributed by atoms with Gasteiger partial charge >= 0.3 is 0 Å². The Labute approximate surface area is 134 Å².